The zero-order chi connectivity index (χ0) is 11.9. The third-order valence-electron chi connectivity index (χ3n) is 3.56. The topological polar surface area (TPSA) is 44.7 Å². The maximum atomic E-state index is 10.1. The van der Waals surface area contributed by atoms with Crippen LogP contribution in [0.1, 0.15) is 5.56 Å². The van der Waals surface area contributed by atoms with Gasteiger partial charge in [0.25, 0.3) is 0 Å². The molecule has 0 bridgehead atoms. The molecule has 0 atom stereocenters. The standard InChI is InChI=1S/C13H18N2O2/c1-15-4-5-17-12-3-2-10(6-11(12)15)7-13(16)8-14-9-13/h2-3,6,14,16H,4-5,7-9H2,1H3. The maximum absolute atomic E-state index is 10.1. The van der Waals surface area contributed by atoms with Crippen molar-refractivity contribution in [2.75, 3.05) is 38.2 Å². The predicted molar refractivity (Wildman–Crippen MR) is 66.7 cm³/mol. The highest BCUT2D eigenvalue weighted by molar-refractivity contribution is 5.61. The molecule has 2 heterocycles. The van der Waals surface area contributed by atoms with E-state index < -0.39 is 5.60 Å². The highest BCUT2D eigenvalue weighted by Gasteiger charge is 2.34. The summed E-state index contributed by atoms with van der Waals surface area (Å²) in [6, 6.07) is 6.19. The molecule has 4 heteroatoms. The number of nitrogens with one attached hydrogen (secondary N) is 1. The first-order valence-electron chi connectivity index (χ1n) is 6.06. The van der Waals surface area contributed by atoms with Gasteiger partial charge in [0, 0.05) is 26.6 Å². The fourth-order valence-electron chi connectivity index (χ4n) is 2.42. The number of fused-ring (bicyclic) bond motifs is 1. The van der Waals surface area contributed by atoms with Gasteiger partial charge >= 0.3 is 0 Å². The average Bonchev–Trinajstić information content (AvgIpc) is 2.28. The van der Waals surface area contributed by atoms with Gasteiger partial charge in [0.05, 0.1) is 17.8 Å². The molecule has 92 valence electrons. The number of likely N-dealkylation sites (N-methyl/N-ethyl adjacent to an activating group) is 1. The Kier molecular flexibility index (Phi) is 2.49. The van der Waals surface area contributed by atoms with E-state index in [1.165, 1.54) is 5.56 Å². The first-order valence-corrected chi connectivity index (χ1v) is 6.06. The molecule has 1 aromatic rings. The smallest absolute Gasteiger partial charge is 0.142 e. The minimum Gasteiger partial charge on any atom is -0.490 e. The maximum Gasteiger partial charge on any atom is 0.142 e. The third-order valence-corrected chi connectivity index (χ3v) is 3.56. The number of aliphatic hydroxyl groups is 1. The number of β-amino-alcohol motifs (C(OH)–C–C–N with tert-alkyl or cyclic N) is 1. The molecule has 0 amide bonds. The lowest BCUT2D eigenvalue weighted by Crippen LogP contribution is -2.60. The van der Waals surface area contributed by atoms with Crippen molar-refractivity contribution in [3.05, 3.63) is 23.8 Å². The highest BCUT2D eigenvalue weighted by Crippen LogP contribution is 2.32. The molecule has 0 unspecified atom stereocenters. The summed E-state index contributed by atoms with van der Waals surface area (Å²) in [5.74, 6) is 0.946. The molecule has 2 aliphatic heterocycles. The molecule has 3 rings (SSSR count). The second-order valence-corrected chi connectivity index (χ2v) is 5.08. The van der Waals surface area contributed by atoms with Crippen molar-refractivity contribution in [3.63, 3.8) is 0 Å². The molecule has 1 fully saturated rings. The molecule has 0 spiro atoms. The van der Waals surface area contributed by atoms with E-state index in [-0.39, 0.29) is 0 Å². The molecular weight excluding hydrogens is 216 g/mol. The zero-order valence-electron chi connectivity index (χ0n) is 10.1. The van der Waals surface area contributed by atoms with Crippen LogP contribution < -0.4 is 15.0 Å². The lowest BCUT2D eigenvalue weighted by Gasteiger charge is -2.38. The van der Waals surface area contributed by atoms with Crippen LogP contribution in [0, 0.1) is 0 Å². The highest BCUT2D eigenvalue weighted by atomic mass is 16.5. The second kappa shape index (κ2) is 3.89. The Morgan fingerprint density at radius 3 is 3.00 bits per heavy atom. The molecule has 1 saturated heterocycles. The van der Waals surface area contributed by atoms with Crippen molar-refractivity contribution in [1.29, 1.82) is 0 Å². The van der Waals surface area contributed by atoms with E-state index in [4.69, 9.17) is 4.74 Å². The molecule has 2 N–H and O–H groups in total. The first-order chi connectivity index (χ1) is 8.16. The van der Waals surface area contributed by atoms with Gasteiger partial charge in [0.2, 0.25) is 0 Å². The van der Waals surface area contributed by atoms with E-state index in [0.29, 0.717) is 19.5 Å². The van der Waals surface area contributed by atoms with Gasteiger partial charge in [-0.3, -0.25) is 0 Å². The van der Waals surface area contributed by atoms with Gasteiger partial charge in [0.15, 0.2) is 0 Å². The molecule has 17 heavy (non-hydrogen) atoms. The van der Waals surface area contributed by atoms with Crippen LogP contribution in [-0.2, 0) is 6.42 Å². The SMILES string of the molecule is CN1CCOc2ccc(CC3(O)CNC3)cc21. The Hall–Kier alpha value is -1.26. The number of rotatable bonds is 2. The number of hydrogen-bond acceptors (Lipinski definition) is 4. The van der Waals surface area contributed by atoms with E-state index >= 15 is 0 Å². The Morgan fingerprint density at radius 1 is 1.47 bits per heavy atom. The molecule has 0 aromatic heterocycles. The van der Waals surface area contributed by atoms with E-state index in [1.54, 1.807) is 0 Å². The van der Waals surface area contributed by atoms with E-state index in [1.807, 2.05) is 12.1 Å². The van der Waals surface area contributed by atoms with E-state index in [2.05, 4.69) is 23.3 Å². The summed E-state index contributed by atoms with van der Waals surface area (Å²) in [6.45, 7) is 3.05. The van der Waals surface area contributed by atoms with Crippen molar-refractivity contribution in [2.24, 2.45) is 0 Å². The lowest BCUT2D eigenvalue weighted by atomic mass is 9.89. The van der Waals surface area contributed by atoms with Crippen molar-refractivity contribution >= 4 is 5.69 Å². The number of hydrogen-bond donors (Lipinski definition) is 2. The minimum atomic E-state index is -0.553. The van der Waals surface area contributed by atoms with Gasteiger partial charge in [-0.25, -0.2) is 0 Å². The quantitative estimate of drug-likeness (QED) is 0.777. The fraction of sp³-hybridized carbons (Fsp3) is 0.538. The normalized spacial score (nSPS) is 21.4. The van der Waals surface area contributed by atoms with Crippen LogP contribution in [0.5, 0.6) is 5.75 Å². The molecule has 1 aromatic carbocycles. The van der Waals surface area contributed by atoms with E-state index in [9.17, 15) is 5.11 Å². The molecule has 0 radical (unpaired) electrons. The van der Waals surface area contributed by atoms with Gasteiger partial charge in [-0.2, -0.15) is 0 Å². The van der Waals surface area contributed by atoms with Crippen LogP contribution in [0.4, 0.5) is 5.69 Å². The second-order valence-electron chi connectivity index (χ2n) is 5.08. The summed E-state index contributed by atoms with van der Waals surface area (Å²) in [7, 11) is 2.07. The zero-order valence-corrected chi connectivity index (χ0v) is 10.1. The van der Waals surface area contributed by atoms with Crippen LogP contribution in [0.3, 0.4) is 0 Å². The Morgan fingerprint density at radius 2 is 2.29 bits per heavy atom. The van der Waals surface area contributed by atoms with Crippen LogP contribution in [0.25, 0.3) is 0 Å². The summed E-state index contributed by atoms with van der Waals surface area (Å²) < 4.78 is 5.60. The fourth-order valence-corrected chi connectivity index (χ4v) is 2.42. The number of nitrogens with zero attached hydrogens (tertiary/aromatic N) is 1. The third kappa shape index (κ3) is 1.98. The minimum absolute atomic E-state index is 0.553. The van der Waals surface area contributed by atoms with Gasteiger partial charge < -0.3 is 20.1 Å². The molecule has 4 nitrogen and oxygen atoms in total. The largest absolute Gasteiger partial charge is 0.490 e. The predicted octanol–water partition coefficient (Wildman–Crippen LogP) is 0.392. The van der Waals surface area contributed by atoms with Gasteiger partial charge in [-0.1, -0.05) is 6.07 Å². The summed E-state index contributed by atoms with van der Waals surface area (Å²) in [5.41, 5.74) is 1.75. The Labute approximate surface area is 101 Å². The van der Waals surface area contributed by atoms with Crippen molar-refractivity contribution in [2.45, 2.75) is 12.0 Å². The van der Waals surface area contributed by atoms with Gasteiger partial charge in [-0.15, -0.1) is 0 Å². The molecule has 0 saturated carbocycles. The van der Waals surface area contributed by atoms with Crippen LogP contribution >= 0.6 is 0 Å². The van der Waals surface area contributed by atoms with E-state index in [0.717, 1.165) is 24.6 Å². The monoisotopic (exact) mass is 234 g/mol. The van der Waals surface area contributed by atoms with Crippen LogP contribution in [0.15, 0.2) is 18.2 Å². The molecular formula is C13H18N2O2. The Bertz CT molecular complexity index is 429. The van der Waals surface area contributed by atoms with Gasteiger partial charge in [-0.05, 0) is 17.7 Å². The summed E-state index contributed by atoms with van der Waals surface area (Å²) in [5, 5.41) is 13.2. The average molecular weight is 234 g/mol. The molecule has 0 aliphatic carbocycles. The number of anilines is 1. The summed E-state index contributed by atoms with van der Waals surface area (Å²) in [6.07, 6.45) is 0.709. The number of benzene rings is 1. The van der Waals surface area contributed by atoms with Crippen LogP contribution in [0.2, 0.25) is 0 Å². The summed E-state index contributed by atoms with van der Waals surface area (Å²) in [4.78, 5) is 2.20. The lowest BCUT2D eigenvalue weighted by molar-refractivity contribution is -0.00902. The van der Waals surface area contributed by atoms with Crippen LogP contribution in [-0.4, -0.2) is 44.0 Å². The first kappa shape index (κ1) is 10.9. The van der Waals surface area contributed by atoms with Gasteiger partial charge in [0.1, 0.15) is 12.4 Å². The van der Waals surface area contributed by atoms with Crippen molar-refractivity contribution in [1.82, 2.24) is 5.32 Å². The van der Waals surface area contributed by atoms with Crippen molar-refractivity contribution in [3.8, 4) is 5.75 Å². The van der Waals surface area contributed by atoms with Crippen molar-refractivity contribution < 1.29 is 9.84 Å². The summed E-state index contributed by atoms with van der Waals surface area (Å²) >= 11 is 0. The Balaban J connectivity index is 1.84. The number of ether oxygens (including phenoxy) is 1. The molecule has 2 aliphatic rings.